The lowest BCUT2D eigenvalue weighted by molar-refractivity contribution is -0.139. The summed E-state index contributed by atoms with van der Waals surface area (Å²) < 4.78 is 5.16. The van der Waals surface area contributed by atoms with Gasteiger partial charge in [-0.05, 0) is 25.5 Å². The highest BCUT2D eigenvalue weighted by Gasteiger charge is 2.13. The standard InChI is InChI=1S/C15H22N2O4/c1-3-5-10-17(4-2)15(20)16-12-8-6-7-9-13(12)21-11-14(18)19/h6-9H,3-5,10-11H2,1-2H3,(H,16,20)(H,18,19). The molecule has 0 radical (unpaired) electrons. The van der Waals surface area contributed by atoms with Gasteiger partial charge in [0.15, 0.2) is 6.61 Å². The molecule has 0 aliphatic carbocycles. The van der Waals surface area contributed by atoms with Gasteiger partial charge in [-0.1, -0.05) is 25.5 Å². The Labute approximate surface area is 124 Å². The number of anilines is 1. The van der Waals surface area contributed by atoms with E-state index in [-0.39, 0.29) is 6.03 Å². The smallest absolute Gasteiger partial charge is 0.341 e. The molecule has 0 aromatic heterocycles. The zero-order valence-electron chi connectivity index (χ0n) is 12.5. The third kappa shape index (κ3) is 5.72. The van der Waals surface area contributed by atoms with Crippen LogP contribution in [-0.2, 0) is 4.79 Å². The molecule has 1 aromatic carbocycles. The number of benzene rings is 1. The fourth-order valence-electron chi connectivity index (χ4n) is 1.78. The van der Waals surface area contributed by atoms with E-state index in [0.717, 1.165) is 12.8 Å². The van der Waals surface area contributed by atoms with Gasteiger partial charge < -0.3 is 20.1 Å². The van der Waals surface area contributed by atoms with Gasteiger partial charge in [-0.25, -0.2) is 9.59 Å². The van der Waals surface area contributed by atoms with Gasteiger partial charge in [0.25, 0.3) is 0 Å². The molecule has 1 aromatic rings. The van der Waals surface area contributed by atoms with Gasteiger partial charge in [0, 0.05) is 13.1 Å². The van der Waals surface area contributed by atoms with Crippen LogP contribution in [0.3, 0.4) is 0 Å². The number of ether oxygens (including phenoxy) is 1. The molecule has 21 heavy (non-hydrogen) atoms. The van der Waals surface area contributed by atoms with Crippen molar-refractivity contribution in [3.05, 3.63) is 24.3 Å². The van der Waals surface area contributed by atoms with E-state index < -0.39 is 12.6 Å². The molecular weight excluding hydrogens is 272 g/mol. The summed E-state index contributed by atoms with van der Waals surface area (Å²) in [6.45, 7) is 4.85. The predicted molar refractivity (Wildman–Crippen MR) is 80.7 cm³/mol. The number of hydrogen-bond acceptors (Lipinski definition) is 3. The number of aliphatic carboxylic acids is 1. The minimum Gasteiger partial charge on any atom is -0.480 e. The molecular formula is C15H22N2O4. The lowest BCUT2D eigenvalue weighted by Crippen LogP contribution is -2.35. The Hall–Kier alpha value is -2.24. The number of nitrogens with one attached hydrogen (secondary N) is 1. The van der Waals surface area contributed by atoms with E-state index in [9.17, 15) is 9.59 Å². The van der Waals surface area contributed by atoms with Crippen LogP contribution in [0.15, 0.2) is 24.3 Å². The average Bonchev–Trinajstić information content (AvgIpc) is 2.47. The molecule has 0 heterocycles. The molecule has 0 aliphatic heterocycles. The number of carbonyl (C=O) groups excluding carboxylic acids is 1. The Morgan fingerprint density at radius 2 is 2.00 bits per heavy atom. The summed E-state index contributed by atoms with van der Waals surface area (Å²) in [4.78, 5) is 24.4. The molecule has 2 amide bonds. The molecule has 0 atom stereocenters. The predicted octanol–water partition coefficient (Wildman–Crippen LogP) is 2.80. The quantitative estimate of drug-likeness (QED) is 0.772. The highest BCUT2D eigenvalue weighted by atomic mass is 16.5. The van der Waals surface area contributed by atoms with Gasteiger partial charge in [0.05, 0.1) is 5.69 Å². The second-order valence-electron chi connectivity index (χ2n) is 4.54. The minimum atomic E-state index is -1.06. The third-order valence-corrected chi connectivity index (χ3v) is 2.93. The first-order chi connectivity index (χ1) is 10.1. The number of para-hydroxylation sites is 2. The first-order valence-corrected chi connectivity index (χ1v) is 7.08. The van der Waals surface area contributed by atoms with E-state index in [2.05, 4.69) is 12.2 Å². The Balaban J connectivity index is 2.72. The summed E-state index contributed by atoms with van der Waals surface area (Å²) in [6, 6.07) is 6.58. The largest absolute Gasteiger partial charge is 0.480 e. The fourth-order valence-corrected chi connectivity index (χ4v) is 1.78. The second kappa shape index (κ2) is 8.84. The van der Waals surface area contributed by atoms with Crippen LogP contribution in [-0.4, -0.2) is 41.7 Å². The van der Waals surface area contributed by atoms with Crippen LogP contribution in [0.5, 0.6) is 5.75 Å². The van der Waals surface area contributed by atoms with Gasteiger partial charge in [0.1, 0.15) is 5.75 Å². The van der Waals surface area contributed by atoms with Crippen LogP contribution >= 0.6 is 0 Å². The molecule has 6 heteroatoms. The number of amides is 2. The van der Waals surface area contributed by atoms with Crippen molar-refractivity contribution in [1.82, 2.24) is 4.90 Å². The molecule has 0 saturated carbocycles. The van der Waals surface area contributed by atoms with E-state index in [1.807, 2.05) is 6.92 Å². The van der Waals surface area contributed by atoms with Crippen molar-refractivity contribution in [3.63, 3.8) is 0 Å². The second-order valence-corrected chi connectivity index (χ2v) is 4.54. The van der Waals surface area contributed by atoms with Crippen molar-refractivity contribution in [2.24, 2.45) is 0 Å². The van der Waals surface area contributed by atoms with Gasteiger partial charge in [-0.3, -0.25) is 0 Å². The van der Waals surface area contributed by atoms with E-state index >= 15 is 0 Å². The number of urea groups is 1. The minimum absolute atomic E-state index is 0.211. The zero-order valence-corrected chi connectivity index (χ0v) is 12.5. The molecule has 1 rings (SSSR count). The van der Waals surface area contributed by atoms with Crippen LogP contribution < -0.4 is 10.1 Å². The Bertz CT molecular complexity index is 476. The number of nitrogens with zero attached hydrogens (tertiary/aromatic N) is 1. The molecule has 0 aliphatic rings. The number of unbranched alkanes of at least 4 members (excludes halogenated alkanes) is 1. The van der Waals surface area contributed by atoms with Crippen molar-refractivity contribution in [2.75, 3.05) is 25.0 Å². The maximum Gasteiger partial charge on any atom is 0.341 e. The first kappa shape index (κ1) is 16.8. The maximum absolute atomic E-state index is 12.2. The Morgan fingerprint density at radius 1 is 1.29 bits per heavy atom. The van der Waals surface area contributed by atoms with Crippen LogP contribution in [0, 0.1) is 0 Å². The molecule has 0 fully saturated rings. The van der Waals surface area contributed by atoms with E-state index in [0.29, 0.717) is 24.5 Å². The maximum atomic E-state index is 12.2. The number of carboxylic acid groups (broad SMARTS) is 1. The van der Waals surface area contributed by atoms with Gasteiger partial charge >= 0.3 is 12.0 Å². The topological polar surface area (TPSA) is 78.9 Å². The first-order valence-electron chi connectivity index (χ1n) is 7.08. The van der Waals surface area contributed by atoms with Crippen LogP contribution in [0.2, 0.25) is 0 Å². The monoisotopic (exact) mass is 294 g/mol. The summed E-state index contributed by atoms with van der Waals surface area (Å²) in [7, 11) is 0. The SMILES string of the molecule is CCCCN(CC)C(=O)Nc1ccccc1OCC(=O)O. The molecule has 0 unspecified atom stereocenters. The molecule has 0 saturated heterocycles. The van der Waals surface area contributed by atoms with E-state index in [4.69, 9.17) is 9.84 Å². The molecule has 116 valence electrons. The van der Waals surface area contributed by atoms with Crippen molar-refractivity contribution in [2.45, 2.75) is 26.7 Å². The molecule has 0 bridgehead atoms. The Kier molecular flexibility index (Phi) is 7.08. The number of carbonyl (C=O) groups is 2. The normalized spacial score (nSPS) is 10.0. The highest BCUT2D eigenvalue weighted by molar-refractivity contribution is 5.91. The van der Waals surface area contributed by atoms with Crippen LogP contribution in [0.1, 0.15) is 26.7 Å². The molecule has 0 spiro atoms. The molecule has 6 nitrogen and oxygen atoms in total. The summed E-state index contributed by atoms with van der Waals surface area (Å²) in [5.74, 6) is -0.714. The number of rotatable bonds is 8. The number of carboxylic acids is 1. The van der Waals surface area contributed by atoms with E-state index in [1.54, 1.807) is 29.2 Å². The third-order valence-electron chi connectivity index (χ3n) is 2.93. The van der Waals surface area contributed by atoms with Gasteiger partial charge in [-0.2, -0.15) is 0 Å². The summed E-state index contributed by atoms with van der Waals surface area (Å²) in [6.07, 6.45) is 1.96. The fraction of sp³-hybridized carbons (Fsp3) is 0.467. The van der Waals surface area contributed by atoms with Crippen LogP contribution in [0.4, 0.5) is 10.5 Å². The summed E-state index contributed by atoms with van der Waals surface area (Å²) in [5, 5.41) is 11.4. The van der Waals surface area contributed by atoms with Crippen molar-refractivity contribution in [3.8, 4) is 5.75 Å². The summed E-state index contributed by atoms with van der Waals surface area (Å²) in [5.41, 5.74) is 0.471. The van der Waals surface area contributed by atoms with Crippen molar-refractivity contribution in [1.29, 1.82) is 0 Å². The Morgan fingerprint density at radius 3 is 2.62 bits per heavy atom. The number of hydrogen-bond donors (Lipinski definition) is 2. The van der Waals surface area contributed by atoms with Crippen molar-refractivity contribution < 1.29 is 19.4 Å². The van der Waals surface area contributed by atoms with E-state index in [1.165, 1.54) is 0 Å². The summed E-state index contributed by atoms with van der Waals surface area (Å²) >= 11 is 0. The average molecular weight is 294 g/mol. The van der Waals surface area contributed by atoms with Crippen LogP contribution in [0.25, 0.3) is 0 Å². The lowest BCUT2D eigenvalue weighted by Gasteiger charge is -2.21. The van der Waals surface area contributed by atoms with Gasteiger partial charge in [0.2, 0.25) is 0 Å². The lowest BCUT2D eigenvalue weighted by atomic mass is 10.3. The highest BCUT2D eigenvalue weighted by Crippen LogP contribution is 2.24. The van der Waals surface area contributed by atoms with Gasteiger partial charge in [-0.15, -0.1) is 0 Å². The zero-order chi connectivity index (χ0) is 15.7. The molecule has 2 N–H and O–H groups in total. The van der Waals surface area contributed by atoms with Crippen molar-refractivity contribution >= 4 is 17.7 Å².